The molecule has 186 valence electrons. The minimum Gasteiger partial charge on any atom is -0.352 e. The molecule has 0 saturated carbocycles. The summed E-state index contributed by atoms with van der Waals surface area (Å²) in [4.78, 5) is 27.6. The number of halogens is 1. The summed E-state index contributed by atoms with van der Waals surface area (Å²) in [5, 5.41) is 2.86. The standard InChI is InChI=1S/C25H34FN3O4S/c1-6-18(3)27-25(31)19(4)28(16-21-8-12-22(26)13-9-21)24(30)17-29(34(5,32)33)23-14-10-20(7-2)11-15-23/h8-15,18-19H,6-7,16-17H2,1-5H3,(H,27,31)/t18-,19+/m1/s1. The lowest BCUT2D eigenvalue weighted by atomic mass is 10.1. The Hall–Kier alpha value is -2.94. The quantitative estimate of drug-likeness (QED) is 0.521. The molecule has 0 spiro atoms. The molecule has 9 heteroatoms. The molecule has 7 nitrogen and oxygen atoms in total. The summed E-state index contributed by atoms with van der Waals surface area (Å²) in [7, 11) is -3.78. The Morgan fingerprint density at radius 1 is 0.971 bits per heavy atom. The van der Waals surface area contributed by atoms with Crippen LogP contribution in [0.2, 0.25) is 0 Å². The van der Waals surface area contributed by atoms with Gasteiger partial charge in [-0.1, -0.05) is 38.1 Å². The molecule has 0 aliphatic carbocycles. The van der Waals surface area contributed by atoms with Crippen molar-refractivity contribution in [2.24, 2.45) is 0 Å². The topological polar surface area (TPSA) is 86.8 Å². The van der Waals surface area contributed by atoms with Crippen LogP contribution in [0, 0.1) is 5.82 Å². The van der Waals surface area contributed by atoms with E-state index >= 15 is 0 Å². The van der Waals surface area contributed by atoms with Crippen LogP contribution in [0.5, 0.6) is 0 Å². The smallest absolute Gasteiger partial charge is 0.244 e. The highest BCUT2D eigenvalue weighted by atomic mass is 32.2. The van der Waals surface area contributed by atoms with E-state index in [1.807, 2.05) is 32.9 Å². The fourth-order valence-electron chi connectivity index (χ4n) is 3.35. The first-order valence-electron chi connectivity index (χ1n) is 11.4. The number of nitrogens with one attached hydrogen (secondary N) is 1. The van der Waals surface area contributed by atoms with Crippen molar-refractivity contribution in [1.29, 1.82) is 0 Å². The van der Waals surface area contributed by atoms with Gasteiger partial charge in [-0.2, -0.15) is 0 Å². The maximum Gasteiger partial charge on any atom is 0.244 e. The van der Waals surface area contributed by atoms with Gasteiger partial charge in [0, 0.05) is 12.6 Å². The molecule has 0 saturated heterocycles. The van der Waals surface area contributed by atoms with Gasteiger partial charge in [0.2, 0.25) is 21.8 Å². The van der Waals surface area contributed by atoms with E-state index in [0.717, 1.165) is 29.0 Å². The average Bonchev–Trinajstić information content (AvgIpc) is 2.80. The molecule has 0 aromatic heterocycles. The highest BCUT2D eigenvalue weighted by Gasteiger charge is 2.30. The zero-order chi connectivity index (χ0) is 25.5. The Morgan fingerprint density at radius 3 is 2.03 bits per heavy atom. The normalized spacial score (nSPS) is 13.1. The second kappa shape index (κ2) is 12.0. The highest BCUT2D eigenvalue weighted by molar-refractivity contribution is 7.92. The summed E-state index contributed by atoms with van der Waals surface area (Å²) in [6, 6.07) is 11.6. The molecule has 2 atom stereocenters. The predicted octanol–water partition coefficient (Wildman–Crippen LogP) is 3.49. The molecule has 2 rings (SSSR count). The van der Waals surface area contributed by atoms with E-state index in [1.165, 1.54) is 29.2 Å². The highest BCUT2D eigenvalue weighted by Crippen LogP contribution is 2.20. The minimum atomic E-state index is -3.78. The zero-order valence-electron chi connectivity index (χ0n) is 20.4. The van der Waals surface area contributed by atoms with Crippen molar-refractivity contribution >= 4 is 27.5 Å². The molecule has 34 heavy (non-hydrogen) atoms. The Morgan fingerprint density at radius 2 is 1.53 bits per heavy atom. The van der Waals surface area contributed by atoms with Crippen molar-refractivity contribution in [2.75, 3.05) is 17.1 Å². The van der Waals surface area contributed by atoms with E-state index in [-0.39, 0.29) is 18.5 Å². The van der Waals surface area contributed by atoms with Gasteiger partial charge in [0.1, 0.15) is 18.4 Å². The van der Waals surface area contributed by atoms with Crippen LogP contribution in [0.25, 0.3) is 0 Å². The SMILES string of the molecule is CCc1ccc(N(CC(=O)N(Cc2ccc(F)cc2)[C@@H](C)C(=O)N[C@H](C)CC)S(C)(=O)=O)cc1. The number of anilines is 1. The average molecular weight is 492 g/mol. The Balaban J connectivity index is 2.36. The van der Waals surface area contributed by atoms with E-state index in [4.69, 9.17) is 0 Å². The summed E-state index contributed by atoms with van der Waals surface area (Å²) < 4.78 is 39.5. The second-order valence-electron chi connectivity index (χ2n) is 8.43. The molecule has 0 fully saturated rings. The van der Waals surface area contributed by atoms with Crippen LogP contribution < -0.4 is 9.62 Å². The predicted molar refractivity (Wildman–Crippen MR) is 132 cm³/mol. The van der Waals surface area contributed by atoms with Crippen molar-refractivity contribution in [3.05, 3.63) is 65.5 Å². The van der Waals surface area contributed by atoms with Crippen LogP contribution in [0.1, 0.15) is 45.2 Å². The van der Waals surface area contributed by atoms with E-state index in [0.29, 0.717) is 11.3 Å². The van der Waals surface area contributed by atoms with Gasteiger partial charge < -0.3 is 10.2 Å². The molecule has 2 aromatic rings. The number of benzene rings is 2. The fraction of sp³-hybridized carbons (Fsp3) is 0.440. The first-order chi connectivity index (χ1) is 16.0. The molecule has 2 aromatic carbocycles. The number of aryl methyl sites for hydroxylation is 1. The zero-order valence-corrected chi connectivity index (χ0v) is 21.2. The van der Waals surface area contributed by atoms with Crippen molar-refractivity contribution in [2.45, 2.75) is 59.2 Å². The molecule has 0 bridgehead atoms. The third-order valence-electron chi connectivity index (χ3n) is 5.75. The van der Waals surface area contributed by atoms with Crippen LogP contribution in [-0.4, -0.2) is 50.0 Å². The van der Waals surface area contributed by atoms with Gasteiger partial charge >= 0.3 is 0 Å². The van der Waals surface area contributed by atoms with E-state index in [1.54, 1.807) is 19.1 Å². The van der Waals surface area contributed by atoms with Gasteiger partial charge in [-0.15, -0.1) is 0 Å². The lowest BCUT2D eigenvalue weighted by Crippen LogP contribution is -2.52. The van der Waals surface area contributed by atoms with Gasteiger partial charge in [0.25, 0.3) is 0 Å². The largest absolute Gasteiger partial charge is 0.352 e. The molecule has 0 aliphatic rings. The monoisotopic (exact) mass is 491 g/mol. The minimum absolute atomic E-state index is 0.0284. The summed E-state index contributed by atoms with van der Waals surface area (Å²) in [6.07, 6.45) is 2.56. The molecule has 1 N–H and O–H groups in total. The van der Waals surface area contributed by atoms with E-state index < -0.39 is 34.3 Å². The number of hydrogen-bond acceptors (Lipinski definition) is 4. The Labute approximate surface area is 202 Å². The Bertz CT molecular complexity index is 1070. The lowest BCUT2D eigenvalue weighted by molar-refractivity contribution is -0.139. The Kier molecular flexibility index (Phi) is 9.61. The van der Waals surface area contributed by atoms with E-state index in [9.17, 15) is 22.4 Å². The number of amides is 2. The third kappa shape index (κ3) is 7.55. The second-order valence-corrected chi connectivity index (χ2v) is 10.3. The van der Waals surface area contributed by atoms with E-state index in [2.05, 4.69) is 5.32 Å². The third-order valence-corrected chi connectivity index (χ3v) is 6.89. The van der Waals surface area contributed by atoms with Gasteiger partial charge in [0.15, 0.2) is 0 Å². The molecular weight excluding hydrogens is 457 g/mol. The van der Waals surface area contributed by atoms with Crippen LogP contribution in [0.15, 0.2) is 48.5 Å². The number of carbonyl (C=O) groups is 2. The first kappa shape index (κ1) is 27.3. The van der Waals surface area contributed by atoms with Crippen molar-refractivity contribution in [3.8, 4) is 0 Å². The number of rotatable bonds is 11. The van der Waals surface area contributed by atoms with Crippen LogP contribution >= 0.6 is 0 Å². The van der Waals surface area contributed by atoms with Crippen LogP contribution in [-0.2, 0) is 32.6 Å². The maximum atomic E-state index is 13.4. The molecular formula is C25H34FN3O4S. The van der Waals surface area contributed by atoms with Gasteiger partial charge in [-0.05, 0) is 62.1 Å². The maximum absolute atomic E-state index is 13.4. The summed E-state index contributed by atoms with van der Waals surface area (Å²) in [5.74, 6) is -1.30. The van der Waals surface area contributed by atoms with Crippen LogP contribution in [0.4, 0.5) is 10.1 Å². The molecule has 0 heterocycles. The van der Waals surface area contributed by atoms with Gasteiger partial charge in [0.05, 0.1) is 11.9 Å². The molecule has 0 aliphatic heterocycles. The lowest BCUT2D eigenvalue weighted by Gasteiger charge is -2.32. The van der Waals surface area contributed by atoms with Crippen LogP contribution in [0.3, 0.4) is 0 Å². The summed E-state index contributed by atoms with van der Waals surface area (Å²) in [5.41, 5.74) is 2.03. The first-order valence-corrected chi connectivity index (χ1v) is 13.2. The van der Waals surface area contributed by atoms with Crippen molar-refractivity contribution < 1.29 is 22.4 Å². The summed E-state index contributed by atoms with van der Waals surface area (Å²) in [6.45, 7) is 6.95. The summed E-state index contributed by atoms with van der Waals surface area (Å²) >= 11 is 0. The number of hydrogen-bond donors (Lipinski definition) is 1. The fourth-order valence-corrected chi connectivity index (χ4v) is 4.20. The molecule has 0 unspecified atom stereocenters. The van der Waals surface area contributed by atoms with Gasteiger partial charge in [-0.3, -0.25) is 13.9 Å². The van der Waals surface area contributed by atoms with Gasteiger partial charge in [-0.25, -0.2) is 12.8 Å². The van der Waals surface area contributed by atoms with Crippen molar-refractivity contribution in [1.82, 2.24) is 10.2 Å². The van der Waals surface area contributed by atoms with Crippen molar-refractivity contribution in [3.63, 3.8) is 0 Å². The number of nitrogens with zero attached hydrogens (tertiary/aromatic N) is 2. The molecule has 2 amide bonds. The number of carbonyl (C=O) groups excluding carboxylic acids is 2. The molecule has 0 radical (unpaired) electrons. The number of sulfonamides is 1.